The Morgan fingerprint density at radius 1 is 1.18 bits per heavy atom. The van der Waals surface area contributed by atoms with Gasteiger partial charge in [0.2, 0.25) is 11.8 Å². The van der Waals surface area contributed by atoms with Crippen LogP contribution in [0.25, 0.3) is 0 Å². The molecule has 9 heteroatoms. The first-order valence-electron chi connectivity index (χ1n) is 8.39. The molecule has 1 unspecified atom stereocenters. The first-order valence-corrected chi connectivity index (χ1v) is 8.77. The normalized spacial score (nSPS) is 17.7. The van der Waals surface area contributed by atoms with Gasteiger partial charge >= 0.3 is 6.36 Å². The van der Waals surface area contributed by atoms with Crippen LogP contribution in [-0.2, 0) is 9.59 Å². The zero-order chi connectivity index (χ0) is 20.3. The number of ether oxygens (including phenoxy) is 1. The number of alkyl halides is 3. The summed E-state index contributed by atoms with van der Waals surface area (Å²) in [5.74, 6) is -1.41. The average Bonchev–Trinajstić information content (AvgIpc) is 3.05. The number of hydrogen-bond donors (Lipinski definition) is 2. The lowest BCUT2D eigenvalue weighted by atomic mass is 9.97. The van der Waals surface area contributed by atoms with Crippen molar-refractivity contribution in [3.63, 3.8) is 0 Å². The van der Waals surface area contributed by atoms with Gasteiger partial charge in [-0.2, -0.15) is 0 Å². The van der Waals surface area contributed by atoms with Gasteiger partial charge in [-0.25, -0.2) is 0 Å². The molecule has 3 rings (SSSR count). The van der Waals surface area contributed by atoms with Gasteiger partial charge in [-0.1, -0.05) is 35.9 Å². The van der Waals surface area contributed by atoms with E-state index in [2.05, 4.69) is 15.4 Å². The Hall–Kier alpha value is -2.74. The summed E-state index contributed by atoms with van der Waals surface area (Å²) < 4.78 is 41.0. The number of rotatable bonds is 5. The molecule has 2 N–H and O–H groups in total. The quantitative estimate of drug-likeness (QED) is 0.788. The van der Waals surface area contributed by atoms with Crippen molar-refractivity contribution in [2.75, 3.05) is 6.54 Å². The number of nitrogens with one attached hydrogen (secondary N) is 2. The lowest BCUT2D eigenvalue weighted by molar-refractivity contribution is -0.274. The monoisotopic (exact) mass is 412 g/mol. The molecular formula is C19H16ClF3N2O3. The van der Waals surface area contributed by atoms with Crippen molar-refractivity contribution in [3.8, 4) is 5.75 Å². The van der Waals surface area contributed by atoms with Gasteiger partial charge in [0, 0.05) is 18.0 Å². The third-order valence-electron chi connectivity index (χ3n) is 4.26. The number of carbonyl (C=O) groups excluding carboxylic acids is 2. The Balaban J connectivity index is 1.86. The van der Waals surface area contributed by atoms with Gasteiger partial charge in [0.25, 0.3) is 0 Å². The molecule has 1 saturated heterocycles. The summed E-state index contributed by atoms with van der Waals surface area (Å²) in [5.41, 5.74) is 1.20. The number of amides is 2. The first-order chi connectivity index (χ1) is 13.2. The minimum atomic E-state index is -4.79. The van der Waals surface area contributed by atoms with E-state index in [-0.39, 0.29) is 30.5 Å². The lowest BCUT2D eigenvalue weighted by Crippen LogP contribution is -2.35. The van der Waals surface area contributed by atoms with E-state index in [0.29, 0.717) is 16.1 Å². The molecule has 0 aromatic heterocycles. The zero-order valence-electron chi connectivity index (χ0n) is 14.4. The van der Waals surface area contributed by atoms with Gasteiger partial charge < -0.3 is 15.4 Å². The highest BCUT2D eigenvalue weighted by molar-refractivity contribution is 6.30. The van der Waals surface area contributed by atoms with Crippen molar-refractivity contribution in [2.45, 2.75) is 18.8 Å². The highest BCUT2D eigenvalue weighted by Gasteiger charge is 2.32. The van der Waals surface area contributed by atoms with Crippen molar-refractivity contribution in [1.29, 1.82) is 0 Å². The molecule has 148 valence electrons. The van der Waals surface area contributed by atoms with Gasteiger partial charge in [-0.3, -0.25) is 9.59 Å². The Morgan fingerprint density at radius 2 is 1.89 bits per heavy atom. The van der Waals surface area contributed by atoms with Crippen molar-refractivity contribution in [1.82, 2.24) is 10.6 Å². The summed E-state index contributed by atoms with van der Waals surface area (Å²) >= 11 is 6.04. The fourth-order valence-corrected chi connectivity index (χ4v) is 3.16. The van der Waals surface area contributed by atoms with Gasteiger partial charge in [-0.05, 0) is 35.4 Å². The molecule has 0 saturated carbocycles. The predicted molar refractivity (Wildman–Crippen MR) is 95.7 cm³/mol. The first kappa shape index (κ1) is 20.0. The maximum Gasteiger partial charge on any atom is 0.573 e. The van der Waals surface area contributed by atoms with E-state index in [0.717, 1.165) is 0 Å². The SMILES string of the molecule is O=C1C[C@H](C(=O)NC(c2ccc(OC(F)(F)F)cc2)c2cccc(Cl)c2)CN1. The third-order valence-corrected chi connectivity index (χ3v) is 4.50. The molecule has 5 nitrogen and oxygen atoms in total. The fraction of sp³-hybridized carbons (Fsp3) is 0.263. The minimum Gasteiger partial charge on any atom is -0.406 e. The van der Waals surface area contributed by atoms with E-state index in [1.54, 1.807) is 24.3 Å². The third kappa shape index (κ3) is 5.16. The zero-order valence-corrected chi connectivity index (χ0v) is 15.2. The van der Waals surface area contributed by atoms with Crippen LogP contribution >= 0.6 is 11.6 Å². The topological polar surface area (TPSA) is 67.4 Å². The summed E-state index contributed by atoms with van der Waals surface area (Å²) in [5, 5.41) is 5.90. The molecule has 0 aliphatic carbocycles. The molecule has 28 heavy (non-hydrogen) atoms. The Bertz CT molecular complexity index is 871. The molecule has 2 amide bonds. The van der Waals surface area contributed by atoms with E-state index >= 15 is 0 Å². The fourth-order valence-electron chi connectivity index (χ4n) is 2.96. The number of hydrogen-bond acceptors (Lipinski definition) is 3. The molecule has 2 aromatic rings. The second-order valence-electron chi connectivity index (χ2n) is 6.32. The van der Waals surface area contributed by atoms with Gasteiger partial charge in [0.15, 0.2) is 0 Å². The summed E-state index contributed by atoms with van der Waals surface area (Å²) in [4.78, 5) is 23.9. The van der Waals surface area contributed by atoms with E-state index in [1.165, 1.54) is 24.3 Å². The van der Waals surface area contributed by atoms with E-state index in [4.69, 9.17) is 11.6 Å². The summed E-state index contributed by atoms with van der Waals surface area (Å²) in [6.45, 7) is 0.241. The van der Waals surface area contributed by atoms with E-state index in [9.17, 15) is 22.8 Å². The maximum absolute atomic E-state index is 12.6. The predicted octanol–water partition coefficient (Wildman–Crippen LogP) is 3.58. The van der Waals surface area contributed by atoms with Crippen LogP contribution in [0.3, 0.4) is 0 Å². The van der Waals surface area contributed by atoms with E-state index in [1.807, 2.05) is 0 Å². The second-order valence-corrected chi connectivity index (χ2v) is 6.76. The van der Waals surface area contributed by atoms with Gasteiger partial charge in [-0.15, -0.1) is 13.2 Å². The van der Waals surface area contributed by atoms with Crippen LogP contribution in [0.5, 0.6) is 5.75 Å². The van der Waals surface area contributed by atoms with Crippen LogP contribution in [0.4, 0.5) is 13.2 Å². The Kier molecular flexibility index (Phi) is 5.79. The van der Waals surface area contributed by atoms with Crippen molar-refractivity contribution < 1.29 is 27.5 Å². The van der Waals surface area contributed by atoms with Crippen molar-refractivity contribution >= 4 is 23.4 Å². The van der Waals surface area contributed by atoms with Crippen LogP contribution in [0.15, 0.2) is 48.5 Å². The van der Waals surface area contributed by atoms with Crippen molar-refractivity contribution in [2.24, 2.45) is 5.92 Å². The summed E-state index contributed by atoms with van der Waals surface area (Å²) in [7, 11) is 0. The van der Waals surface area contributed by atoms with Gasteiger partial charge in [0.1, 0.15) is 5.75 Å². The molecule has 0 radical (unpaired) electrons. The van der Waals surface area contributed by atoms with Crippen LogP contribution < -0.4 is 15.4 Å². The number of halogens is 4. The molecule has 1 aliphatic heterocycles. The maximum atomic E-state index is 12.6. The molecule has 1 aliphatic rings. The molecule has 2 aromatic carbocycles. The molecule has 1 heterocycles. The number of carbonyl (C=O) groups is 2. The molecular weight excluding hydrogens is 397 g/mol. The average molecular weight is 413 g/mol. The summed E-state index contributed by atoms with van der Waals surface area (Å²) in [6.07, 6.45) is -4.70. The van der Waals surface area contributed by atoms with E-state index < -0.39 is 18.3 Å². The Morgan fingerprint density at radius 3 is 2.46 bits per heavy atom. The molecule has 0 spiro atoms. The lowest BCUT2D eigenvalue weighted by Gasteiger charge is -2.22. The standard InChI is InChI=1S/C19H16ClF3N2O3/c20-14-3-1-2-12(8-14)17(25-18(27)13-9-16(26)24-10-13)11-4-6-15(7-5-11)28-19(21,22)23/h1-8,13,17H,9-10H2,(H,24,26)(H,25,27)/t13-,17?/m0/s1. The van der Waals surface area contributed by atoms with Crippen LogP contribution in [0.1, 0.15) is 23.6 Å². The molecule has 1 fully saturated rings. The minimum absolute atomic E-state index is 0.0897. The second kappa shape index (κ2) is 8.10. The smallest absolute Gasteiger partial charge is 0.406 e. The highest BCUT2D eigenvalue weighted by atomic mass is 35.5. The highest BCUT2D eigenvalue weighted by Crippen LogP contribution is 2.29. The van der Waals surface area contributed by atoms with Gasteiger partial charge in [0.05, 0.1) is 12.0 Å². The van der Waals surface area contributed by atoms with Crippen LogP contribution in [0, 0.1) is 5.92 Å². The Labute approximate surface area is 163 Å². The number of benzene rings is 2. The summed E-state index contributed by atoms with van der Waals surface area (Å²) in [6, 6.07) is 11.3. The molecule has 2 atom stereocenters. The van der Waals surface area contributed by atoms with Crippen molar-refractivity contribution in [3.05, 3.63) is 64.7 Å². The molecule has 0 bridgehead atoms. The van der Waals surface area contributed by atoms with Crippen LogP contribution in [0.2, 0.25) is 5.02 Å². The largest absolute Gasteiger partial charge is 0.573 e. The van der Waals surface area contributed by atoms with Crippen LogP contribution in [-0.4, -0.2) is 24.7 Å².